The summed E-state index contributed by atoms with van der Waals surface area (Å²) in [4.78, 5) is 26.2. The number of fused-ring (bicyclic) bond motifs is 1. The lowest BCUT2D eigenvalue weighted by Gasteiger charge is -2.29. The van der Waals surface area contributed by atoms with E-state index in [4.69, 9.17) is 0 Å². The van der Waals surface area contributed by atoms with Gasteiger partial charge in [0.15, 0.2) is 0 Å². The van der Waals surface area contributed by atoms with Crippen molar-refractivity contribution in [1.82, 2.24) is 4.90 Å². The summed E-state index contributed by atoms with van der Waals surface area (Å²) >= 11 is 1.72. The molecule has 0 spiro atoms. The van der Waals surface area contributed by atoms with Crippen molar-refractivity contribution in [3.05, 3.63) is 29.8 Å². The molecule has 4 nitrogen and oxygen atoms in total. The third-order valence-electron chi connectivity index (χ3n) is 4.59. The lowest BCUT2D eigenvalue weighted by atomic mass is 10.0. The number of thioether (sulfide) groups is 1. The Morgan fingerprint density at radius 3 is 2.68 bits per heavy atom. The van der Waals surface area contributed by atoms with Gasteiger partial charge in [-0.05, 0) is 37.0 Å². The van der Waals surface area contributed by atoms with Crippen molar-refractivity contribution in [3.63, 3.8) is 0 Å². The van der Waals surface area contributed by atoms with Gasteiger partial charge in [0, 0.05) is 17.9 Å². The molecule has 0 unspecified atom stereocenters. The predicted molar refractivity (Wildman–Crippen MR) is 89.9 cm³/mol. The van der Waals surface area contributed by atoms with Crippen LogP contribution in [0.2, 0.25) is 0 Å². The average molecular weight is 318 g/mol. The number of amides is 2. The van der Waals surface area contributed by atoms with Crippen LogP contribution in [0.5, 0.6) is 0 Å². The molecule has 2 heterocycles. The Bertz CT molecular complexity index is 599. The van der Waals surface area contributed by atoms with Crippen molar-refractivity contribution in [1.29, 1.82) is 0 Å². The van der Waals surface area contributed by atoms with Crippen LogP contribution in [-0.2, 0) is 9.59 Å². The van der Waals surface area contributed by atoms with Gasteiger partial charge < -0.3 is 10.2 Å². The molecule has 3 rings (SSSR count). The molecule has 1 aromatic carbocycles. The van der Waals surface area contributed by atoms with Crippen LogP contribution in [0, 0.1) is 0 Å². The largest absolute Gasteiger partial charge is 0.324 e. The summed E-state index contributed by atoms with van der Waals surface area (Å²) in [6.07, 6.45) is 1.39. The molecule has 0 bridgehead atoms. The Hall–Kier alpha value is -1.49. The second-order valence-electron chi connectivity index (χ2n) is 6.53. The fourth-order valence-corrected chi connectivity index (χ4v) is 4.62. The van der Waals surface area contributed by atoms with Crippen molar-refractivity contribution in [2.75, 3.05) is 11.1 Å². The van der Waals surface area contributed by atoms with Crippen molar-refractivity contribution in [2.24, 2.45) is 0 Å². The molecule has 118 valence electrons. The predicted octanol–water partition coefficient (Wildman–Crippen LogP) is 3.20. The molecule has 0 saturated carbocycles. The van der Waals surface area contributed by atoms with Gasteiger partial charge in [-0.1, -0.05) is 26.0 Å². The highest BCUT2D eigenvalue weighted by molar-refractivity contribution is 8.01. The topological polar surface area (TPSA) is 49.4 Å². The molecule has 0 aliphatic carbocycles. The van der Waals surface area contributed by atoms with Crippen molar-refractivity contribution in [2.45, 2.75) is 50.4 Å². The first-order valence-corrected chi connectivity index (χ1v) is 8.76. The van der Waals surface area contributed by atoms with Gasteiger partial charge in [0.2, 0.25) is 11.8 Å². The van der Waals surface area contributed by atoms with Gasteiger partial charge >= 0.3 is 0 Å². The van der Waals surface area contributed by atoms with Gasteiger partial charge in [-0.25, -0.2) is 0 Å². The second kappa shape index (κ2) is 5.61. The number of benzene rings is 1. The smallest absolute Gasteiger partial charge is 0.248 e. The van der Waals surface area contributed by atoms with Crippen LogP contribution < -0.4 is 5.32 Å². The number of hydrogen-bond acceptors (Lipinski definition) is 3. The van der Waals surface area contributed by atoms with Crippen LogP contribution in [0.25, 0.3) is 0 Å². The molecule has 0 aromatic heterocycles. The Morgan fingerprint density at radius 2 is 2.05 bits per heavy atom. The normalized spacial score (nSPS) is 27.4. The van der Waals surface area contributed by atoms with Crippen LogP contribution in [0.15, 0.2) is 24.3 Å². The van der Waals surface area contributed by atoms with E-state index in [1.807, 2.05) is 24.3 Å². The molecule has 2 fully saturated rings. The number of carbonyl (C=O) groups excluding carboxylic acids is 2. The molecule has 2 aliphatic rings. The molecule has 5 heteroatoms. The average Bonchev–Trinajstić information content (AvgIpc) is 2.97. The van der Waals surface area contributed by atoms with E-state index >= 15 is 0 Å². The van der Waals surface area contributed by atoms with E-state index in [1.54, 1.807) is 16.7 Å². The van der Waals surface area contributed by atoms with Crippen LogP contribution in [0.1, 0.15) is 45.1 Å². The number of carbonyl (C=O) groups is 2. The Labute approximate surface area is 135 Å². The minimum Gasteiger partial charge on any atom is -0.324 e. The molecular weight excluding hydrogens is 296 g/mol. The first-order chi connectivity index (χ1) is 10.4. The molecule has 1 N–H and O–H groups in total. The van der Waals surface area contributed by atoms with Gasteiger partial charge in [-0.15, -0.1) is 11.8 Å². The Morgan fingerprint density at radius 1 is 1.36 bits per heavy atom. The fraction of sp³-hybridized carbons (Fsp3) is 0.529. The highest BCUT2D eigenvalue weighted by atomic mass is 32.2. The van der Waals surface area contributed by atoms with Crippen LogP contribution >= 0.6 is 11.8 Å². The molecule has 2 amide bonds. The van der Waals surface area contributed by atoms with Crippen LogP contribution in [0.3, 0.4) is 0 Å². The van der Waals surface area contributed by atoms with E-state index < -0.39 is 0 Å². The van der Waals surface area contributed by atoms with Crippen molar-refractivity contribution >= 4 is 29.3 Å². The maximum absolute atomic E-state index is 12.5. The van der Waals surface area contributed by atoms with E-state index in [2.05, 4.69) is 26.1 Å². The molecule has 22 heavy (non-hydrogen) atoms. The Balaban J connectivity index is 1.71. The van der Waals surface area contributed by atoms with Crippen LogP contribution in [-0.4, -0.2) is 33.4 Å². The molecule has 2 atom stereocenters. The highest BCUT2D eigenvalue weighted by Crippen LogP contribution is 2.47. The summed E-state index contributed by atoms with van der Waals surface area (Å²) in [5.41, 5.74) is 2.04. The van der Waals surface area contributed by atoms with E-state index in [1.165, 1.54) is 5.56 Å². The van der Waals surface area contributed by atoms with E-state index in [0.29, 0.717) is 18.1 Å². The second-order valence-corrected chi connectivity index (χ2v) is 8.03. The van der Waals surface area contributed by atoms with Crippen molar-refractivity contribution < 1.29 is 9.59 Å². The first kappa shape index (κ1) is 15.4. The van der Waals surface area contributed by atoms with Gasteiger partial charge in [0.1, 0.15) is 6.04 Å². The number of rotatable bonds is 3. The third kappa shape index (κ3) is 2.62. The first-order valence-electron chi connectivity index (χ1n) is 7.78. The zero-order valence-electron chi connectivity index (χ0n) is 13.3. The fourth-order valence-electron chi connectivity index (χ4n) is 3.19. The van der Waals surface area contributed by atoms with E-state index in [0.717, 1.165) is 12.1 Å². The monoisotopic (exact) mass is 318 g/mol. The maximum atomic E-state index is 12.5. The molecule has 2 aliphatic heterocycles. The number of hydrogen-bond donors (Lipinski definition) is 1. The summed E-state index contributed by atoms with van der Waals surface area (Å²) in [6.45, 7) is 6.35. The summed E-state index contributed by atoms with van der Waals surface area (Å²) in [6, 6.07) is 7.58. The minimum atomic E-state index is -0.352. The minimum absolute atomic E-state index is 0.0798. The van der Waals surface area contributed by atoms with Gasteiger partial charge in [-0.2, -0.15) is 0 Å². The molecule has 0 radical (unpaired) electrons. The van der Waals surface area contributed by atoms with Gasteiger partial charge in [-0.3, -0.25) is 9.59 Å². The van der Waals surface area contributed by atoms with Crippen LogP contribution in [0.4, 0.5) is 5.69 Å². The third-order valence-corrected chi connectivity index (χ3v) is 6.10. The number of anilines is 1. The quantitative estimate of drug-likeness (QED) is 0.931. The molecule has 1 aromatic rings. The lowest BCUT2D eigenvalue weighted by Crippen LogP contribution is -2.48. The SMILES string of the molecule is CC(C)c1ccc(NC(=O)[C@@H]2CS[C@@]3(C)CCC(=O)N23)cc1. The standard InChI is InChI=1S/C17H22N2O2S/c1-11(2)12-4-6-13(7-5-12)18-16(21)14-10-22-17(3)9-8-15(20)19(14)17/h4-7,11,14H,8-10H2,1-3H3,(H,18,21)/t14-,17-/m0/s1. The zero-order valence-corrected chi connectivity index (χ0v) is 14.1. The molecular formula is C17H22N2O2S. The number of nitrogens with zero attached hydrogens (tertiary/aromatic N) is 1. The highest BCUT2D eigenvalue weighted by Gasteiger charge is 2.52. The Kier molecular flexibility index (Phi) is 3.93. The summed E-state index contributed by atoms with van der Waals surface area (Å²) in [5.74, 6) is 1.17. The number of nitrogens with one attached hydrogen (secondary N) is 1. The summed E-state index contributed by atoms with van der Waals surface area (Å²) < 4.78 is 0. The maximum Gasteiger partial charge on any atom is 0.248 e. The lowest BCUT2D eigenvalue weighted by molar-refractivity contribution is -0.135. The summed E-state index contributed by atoms with van der Waals surface area (Å²) in [5, 5.41) is 2.95. The zero-order chi connectivity index (χ0) is 15.9. The molecule has 2 saturated heterocycles. The van der Waals surface area contributed by atoms with Gasteiger partial charge in [0.05, 0.1) is 4.87 Å². The van der Waals surface area contributed by atoms with Crippen molar-refractivity contribution in [3.8, 4) is 0 Å². The van der Waals surface area contributed by atoms with E-state index in [9.17, 15) is 9.59 Å². The van der Waals surface area contributed by atoms with E-state index in [-0.39, 0.29) is 22.7 Å². The summed E-state index contributed by atoms with van der Waals surface area (Å²) in [7, 11) is 0. The van der Waals surface area contributed by atoms with Gasteiger partial charge in [0.25, 0.3) is 0 Å².